The standard InChI is InChI=1S/C15H21NO3S/c1-2-5-12(13-8-4-9-20-13)16-14(17)10-6-3-7-11(10)15(18)19/h4,8-12H,2-3,5-7H2,1H3,(H,16,17)(H,18,19). The van der Waals surface area contributed by atoms with Gasteiger partial charge in [-0.2, -0.15) is 0 Å². The molecule has 1 aromatic rings. The van der Waals surface area contributed by atoms with Crippen molar-refractivity contribution in [1.82, 2.24) is 5.32 Å². The Morgan fingerprint density at radius 3 is 2.80 bits per heavy atom. The number of carbonyl (C=O) groups is 2. The van der Waals surface area contributed by atoms with Crippen LogP contribution >= 0.6 is 11.3 Å². The zero-order valence-corrected chi connectivity index (χ0v) is 12.5. The SMILES string of the molecule is CCCC(NC(=O)C1CCCC1C(=O)O)c1cccs1. The van der Waals surface area contributed by atoms with Gasteiger partial charge in [-0.05, 0) is 30.7 Å². The van der Waals surface area contributed by atoms with Gasteiger partial charge in [-0.1, -0.05) is 25.8 Å². The number of amides is 1. The van der Waals surface area contributed by atoms with Gasteiger partial charge in [0.15, 0.2) is 0 Å². The molecule has 0 radical (unpaired) electrons. The molecule has 2 N–H and O–H groups in total. The van der Waals surface area contributed by atoms with Crippen molar-refractivity contribution in [3.8, 4) is 0 Å². The highest BCUT2D eigenvalue weighted by molar-refractivity contribution is 7.10. The van der Waals surface area contributed by atoms with Gasteiger partial charge < -0.3 is 10.4 Å². The molecule has 1 aliphatic rings. The molecular weight excluding hydrogens is 274 g/mol. The van der Waals surface area contributed by atoms with Gasteiger partial charge in [0.05, 0.1) is 17.9 Å². The Kier molecular flexibility index (Phi) is 5.17. The predicted molar refractivity (Wildman–Crippen MR) is 78.6 cm³/mol. The Labute approximate surface area is 123 Å². The van der Waals surface area contributed by atoms with E-state index in [4.69, 9.17) is 0 Å². The highest BCUT2D eigenvalue weighted by atomic mass is 32.1. The van der Waals surface area contributed by atoms with E-state index in [0.717, 1.165) is 24.1 Å². The first-order chi connectivity index (χ1) is 9.63. The number of carboxylic acid groups (broad SMARTS) is 1. The Bertz CT molecular complexity index is 458. The molecule has 0 spiro atoms. The molecule has 0 saturated heterocycles. The third-order valence-corrected chi connectivity index (χ3v) is 4.94. The van der Waals surface area contributed by atoms with Crippen LogP contribution in [0.4, 0.5) is 0 Å². The molecule has 4 nitrogen and oxygen atoms in total. The van der Waals surface area contributed by atoms with E-state index >= 15 is 0 Å². The van der Waals surface area contributed by atoms with E-state index in [1.165, 1.54) is 0 Å². The molecule has 3 unspecified atom stereocenters. The minimum atomic E-state index is -0.842. The average molecular weight is 295 g/mol. The zero-order chi connectivity index (χ0) is 14.5. The van der Waals surface area contributed by atoms with Crippen molar-refractivity contribution in [2.45, 2.75) is 45.1 Å². The number of carboxylic acids is 1. The Morgan fingerprint density at radius 1 is 1.45 bits per heavy atom. The van der Waals surface area contributed by atoms with Crippen molar-refractivity contribution in [2.75, 3.05) is 0 Å². The summed E-state index contributed by atoms with van der Waals surface area (Å²) in [5.74, 6) is -1.82. The molecular formula is C15H21NO3S. The summed E-state index contributed by atoms with van der Waals surface area (Å²) in [6, 6.07) is 4.02. The molecule has 20 heavy (non-hydrogen) atoms. The second-order valence-electron chi connectivity index (χ2n) is 5.35. The summed E-state index contributed by atoms with van der Waals surface area (Å²) in [6.45, 7) is 2.09. The first kappa shape index (κ1) is 15.0. The minimum Gasteiger partial charge on any atom is -0.481 e. The van der Waals surface area contributed by atoms with Gasteiger partial charge in [-0.25, -0.2) is 0 Å². The second kappa shape index (κ2) is 6.88. The largest absolute Gasteiger partial charge is 0.481 e. The quantitative estimate of drug-likeness (QED) is 0.847. The lowest BCUT2D eigenvalue weighted by atomic mass is 9.94. The zero-order valence-electron chi connectivity index (χ0n) is 11.7. The van der Waals surface area contributed by atoms with E-state index in [1.807, 2.05) is 17.5 Å². The van der Waals surface area contributed by atoms with Crippen LogP contribution in [0.15, 0.2) is 17.5 Å². The predicted octanol–water partition coefficient (Wildman–Crippen LogP) is 3.21. The van der Waals surface area contributed by atoms with Gasteiger partial charge in [0.2, 0.25) is 5.91 Å². The maximum Gasteiger partial charge on any atom is 0.307 e. The lowest BCUT2D eigenvalue weighted by Gasteiger charge is -2.21. The first-order valence-corrected chi connectivity index (χ1v) is 8.08. The van der Waals surface area contributed by atoms with E-state index in [2.05, 4.69) is 12.2 Å². The molecule has 0 aromatic carbocycles. The number of rotatable bonds is 6. The third-order valence-electron chi connectivity index (χ3n) is 3.95. The number of thiophene rings is 1. The molecule has 1 amide bonds. The fourth-order valence-electron chi connectivity index (χ4n) is 2.91. The van der Waals surface area contributed by atoms with Crippen molar-refractivity contribution < 1.29 is 14.7 Å². The van der Waals surface area contributed by atoms with Crippen LogP contribution in [0.1, 0.15) is 49.9 Å². The van der Waals surface area contributed by atoms with Crippen molar-refractivity contribution in [3.05, 3.63) is 22.4 Å². The molecule has 3 atom stereocenters. The van der Waals surface area contributed by atoms with Crippen LogP contribution in [0.5, 0.6) is 0 Å². The lowest BCUT2D eigenvalue weighted by molar-refractivity contribution is -0.146. The van der Waals surface area contributed by atoms with E-state index in [0.29, 0.717) is 12.8 Å². The summed E-state index contributed by atoms with van der Waals surface area (Å²) in [7, 11) is 0. The normalized spacial score (nSPS) is 23.4. The van der Waals surface area contributed by atoms with Crippen LogP contribution in [-0.2, 0) is 9.59 Å². The third kappa shape index (κ3) is 3.39. The van der Waals surface area contributed by atoms with Gasteiger partial charge in [-0.3, -0.25) is 9.59 Å². The van der Waals surface area contributed by atoms with Gasteiger partial charge in [0.25, 0.3) is 0 Å². The molecule has 0 bridgehead atoms. The van der Waals surface area contributed by atoms with E-state index < -0.39 is 11.9 Å². The van der Waals surface area contributed by atoms with Gasteiger partial charge in [-0.15, -0.1) is 11.3 Å². The van der Waals surface area contributed by atoms with Gasteiger partial charge in [0.1, 0.15) is 0 Å². The van der Waals surface area contributed by atoms with Crippen LogP contribution in [0.25, 0.3) is 0 Å². The summed E-state index contributed by atoms with van der Waals surface area (Å²) in [4.78, 5) is 24.7. The molecule has 1 saturated carbocycles. The Hall–Kier alpha value is -1.36. The van der Waals surface area contributed by atoms with Gasteiger partial charge in [0, 0.05) is 4.88 Å². The highest BCUT2D eigenvalue weighted by Gasteiger charge is 2.38. The smallest absolute Gasteiger partial charge is 0.307 e. The maximum atomic E-state index is 12.4. The van der Waals surface area contributed by atoms with Crippen molar-refractivity contribution in [3.63, 3.8) is 0 Å². The monoisotopic (exact) mass is 295 g/mol. The summed E-state index contributed by atoms with van der Waals surface area (Å²) in [6.07, 6.45) is 4.00. The molecule has 1 aromatic heterocycles. The fraction of sp³-hybridized carbons (Fsp3) is 0.600. The Balaban J connectivity index is 2.03. The summed E-state index contributed by atoms with van der Waals surface area (Å²) in [5, 5.41) is 14.2. The van der Waals surface area contributed by atoms with E-state index in [9.17, 15) is 14.7 Å². The molecule has 1 aliphatic carbocycles. The van der Waals surface area contributed by atoms with Crippen LogP contribution in [0.2, 0.25) is 0 Å². The Morgan fingerprint density at radius 2 is 2.20 bits per heavy atom. The average Bonchev–Trinajstić information content (AvgIpc) is 3.09. The van der Waals surface area contributed by atoms with Crippen LogP contribution in [-0.4, -0.2) is 17.0 Å². The van der Waals surface area contributed by atoms with Crippen molar-refractivity contribution in [1.29, 1.82) is 0 Å². The van der Waals surface area contributed by atoms with Crippen LogP contribution in [0.3, 0.4) is 0 Å². The highest BCUT2D eigenvalue weighted by Crippen LogP contribution is 2.33. The summed E-state index contributed by atoms with van der Waals surface area (Å²) < 4.78 is 0. The van der Waals surface area contributed by atoms with E-state index in [-0.39, 0.29) is 17.9 Å². The maximum absolute atomic E-state index is 12.4. The minimum absolute atomic E-state index is 0.0162. The number of aliphatic carboxylic acids is 1. The van der Waals surface area contributed by atoms with Crippen LogP contribution in [0, 0.1) is 11.8 Å². The number of hydrogen-bond donors (Lipinski definition) is 2. The topological polar surface area (TPSA) is 66.4 Å². The summed E-state index contributed by atoms with van der Waals surface area (Å²) in [5.41, 5.74) is 0. The second-order valence-corrected chi connectivity index (χ2v) is 6.33. The molecule has 2 rings (SSSR count). The molecule has 110 valence electrons. The summed E-state index contributed by atoms with van der Waals surface area (Å²) >= 11 is 1.63. The number of carbonyl (C=O) groups excluding carboxylic acids is 1. The van der Waals surface area contributed by atoms with Gasteiger partial charge >= 0.3 is 5.97 Å². The van der Waals surface area contributed by atoms with Crippen molar-refractivity contribution >= 4 is 23.2 Å². The fourth-order valence-corrected chi connectivity index (χ4v) is 3.72. The number of hydrogen-bond acceptors (Lipinski definition) is 3. The van der Waals surface area contributed by atoms with Crippen LogP contribution < -0.4 is 5.32 Å². The lowest BCUT2D eigenvalue weighted by Crippen LogP contribution is -2.37. The molecule has 0 aliphatic heterocycles. The number of nitrogens with one attached hydrogen (secondary N) is 1. The first-order valence-electron chi connectivity index (χ1n) is 7.20. The molecule has 1 heterocycles. The van der Waals surface area contributed by atoms with E-state index in [1.54, 1.807) is 11.3 Å². The molecule has 1 fully saturated rings. The van der Waals surface area contributed by atoms with Crippen molar-refractivity contribution in [2.24, 2.45) is 11.8 Å². The molecule has 5 heteroatoms.